The molecule has 1 aliphatic carbocycles. The zero-order valence-electron chi connectivity index (χ0n) is 18.7. The highest BCUT2D eigenvalue weighted by atomic mass is 35.5. The van der Waals surface area contributed by atoms with Crippen molar-refractivity contribution in [2.24, 2.45) is 0 Å². The molecule has 1 amide bonds. The number of furan rings is 1. The van der Waals surface area contributed by atoms with E-state index >= 15 is 0 Å². The largest absolute Gasteiger partial charge is 0.478 e. The number of hydrogen-bond acceptors (Lipinski definition) is 4. The quantitative estimate of drug-likeness (QED) is 0.260. The molecule has 5 aromatic rings. The molecule has 6 rings (SSSR count). The van der Waals surface area contributed by atoms with E-state index in [1.165, 1.54) is 62.6 Å². The first kappa shape index (κ1) is 23.1. The van der Waals surface area contributed by atoms with Crippen molar-refractivity contribution in [1.82, 2.24) is 5.32 Å². The lowest BCUT2D eigenvalue weighted by Gasteiger charge is -2.27. The van der Waals surface area contributed by atoms with E-state index in [-0.39, 0.29) is 17.5 Å². The number of carboxylic acid groups (broad SMARTS) is 1. The molecule has 0 saturated carbocycles. The second-order valence-electron chi connectivity index (χ2n) is 8.42. The van der Waals surface area contributed by atoms with E-state index in [9.17, 15) is 9.59 Å². The van der Waals surface area contributed by atoms with Crippen molar-refractivity contribution < 1.29 is 19.1 Å². The Labute approximate surface area is 211 Å². The van der Waals surface area contributed by atoms with Crippen molar-refractivity contribution in [3.63, 3.8) is 0 Å². The Morgan fingerprint density at radius 2 is 1.80 bits per heavy atom. The molecular weight excluding hydrogens is 482 g/mol. The predicted molar refractivity (Wildman–Crippen MR) is 140 cm³/mol. The third kappa shape index (κ3) is 4.94. The lowest BCUT2D eigenvalue weighted by atomic mass is 9.84. The molecule has 5 nitrogen and oxygen atoms in total. The standard InChI is InChI=1S/C23H18ClNOS.C5H4O3/c24-22-12-11-21(27-22)23(26)25-16-8-5-15-7-9-18-17-4-2-1-3-14(17)6-10-19(18)20(15)13-16;6-5(7)4-1-2-8-3-4/h1-4,6-7,9-12,16H,5,8,13H2,(H,25,26);1-3H,(H,6,7). The molecule has 1 atom stereocenters. The van der Waals surface area contributed by atoms with Gasteiger partial charge in [0.2, 0.25) is 0 Å². The summed E-state index contributed by atoms with van der Waals surface area (Å²) in [6.45, 7) is 0. The van der Waals surface area contributed by atoms with E-state index in [1.54, 1.807) is 12.1 Å². The van der Waals surface area contributed by atoms with E-state index in [1.807, 2.05) is 0 Å². The molecule has 2 aromatic heterocycles. The molecule has 2 N–H and O–H groups in total. The highest BCUT2D eigenvalue weighted by Crippen LogP contribution is 2.33. The van der Waals surface area contributed by atoms with Gasteiger partial charge in [-0.1, -0.05) is 60.1 Å². The lowest BCUT2D eigenvalue weighted by molar-refractivity contribution is 0.0695. The zero-order valence-corrected chi connectivity index (χ0v) is 20.2. The van der Waals surface area contributed by atoms with Crippen molar-refractivity contribution in [2.75, 3.05) is 0 Å². The molecule has 35 heavy (non-hydrogen) atoms. The van der Waals surface area contributed by atoms with Crippen LogP contribution in [-0.4, -0.2) is 23.0 Å². The first-order valence-corrected chi connectivity index (χ1v) is 12.4. The highest BCUT2D eigenvalue weighted by Gasteiger charge is 2.23. The first-order chi connectivity index (χ1) is 17.0. The molecule has 7 heteroatoms. The Bertz CT molecular complexity index is 1520. The third-order valence-electron chi connectivity index (χ3n) is 6.25. The molecule has 0 fully saturated rings. The normalized spacial score (nSPS) is 14.7. The van der Waals surface area contributed by atoms with Crippen LogP contribution in [0.25, 0.3) is 21.5 Å². The monoisotopic (exact) mass is 503 g/mol. The van der Waals surface area contributed by atoms with Gasteiger partial charge in [0.1, 0.15) is 6.26 Å². The Kier molecular flexibility index (Phi) is 6.57. The fourth-order valence-electron chi connectivity index (χ4n) is 4.55. The second kappa shape index (κ2) is 9.94. The minimum absolute atomic E-state index is 0.0222. The van der Waals surface area contributed by atoms with Gasteiger partial charge in [-0.05, 0) is 70.1 Å². The smallest absolute Gasteiger partial charge is 0.338 e. The summed E-state index contributed by atoms with van der Waals surface area (Å²) in [5, 5.41) is 16.6. The van der Waals surface area contributed by atoms with Crippen LogP contribution in [0.4, 0.5) is 0 Å². The lowest BCUT2D eigenvalue weighted by Crippen LogP contribution is -2.38. The van der Waals surface area contributed by atoms with Gasteiger partial charge in [-0.2, -0.15) is 0 Å². The molecular formula is C28H22ClNO4S. The maximum atomic E-state index is 12.5. The van der Waals surface area contributed by atoms with Crippen molar-refractivity contribution in [3.05, 3.63) is 105 Å². The molecule has 1 unspecified atom stereocenters. The first-order valence-electron chi connectivity index (χ1n) is 11.2. The summed E-state index contributed by atoms with van der Waals surface area (Å²) >= 11 is 7.29. The van der Waals surface area contributed by atoms with Gasteiger partial charge in [-0.3, -0.25) is 4.79 Å². The van der Waals surface area contributed by atoms with Crippen LogP contribution < -0.4 is 5.32 Å². The minimum Gasteiger partial charge on any atom is -0.478 e. The number of aromatic carboxylic acids is 1. The van der Waals surface area contributed by atoms with E-state index in [4.69, 9.17) is 16.7 Å². The van der Waals surface area contributed by atoms with E-state index < -0.39 is 5.97 Å². The molecule has 1 aliphatic rings. The number of carboxylic acids is 1. The molecule has 2 heterocycles. The second-order valence-corrected chi connectivity index (χ2v) is 10.1. The molecule has 0 spiro atoms. The summed E-state index contributed by atoms with van der Waals surface area (Å²) in [6.07, 6.45) is 5.34. The topological polar surface area (TPSA) is 79.5 Å². The average molecular weight is 504 g/mol. The predicted octanol–water partition coefficient (Wildman–Crippen LogP) is 6.97. The number of carbonyl (C=O) groups excluding carboxylic acids is 1. The Morgan fingerprint density at radius 1 is 0.971 bits per heavy atom. The number of fused-ring (bicyclic) bond motifs is 5. The maximum absolute atomic E-state index is 12.5. The number of hydrogen-bond donors (Lipinski definition) is 2. The number of rotatable bonds is 3. The maximum Gasteiger partial charge on any atom is 0.338 e. The summed E-state index contributed by atoms with van der Waals surface area (Å²) in [5.41, 5.74) is 2.96. The van der Waals surface area contributed by atoms with Gasteiger partial charge in [0.15, 0.2) is 0 Å². The number of amides is 1. The van der Waals surface area contributed by atoms with Crippen LogP contribution in [0, 0.1) is 0 Å². The van der Waals surface area contributed by atoms with Crippen LogP contribution in [0.3, 0.4) is 0 Å². The zero-order chi connectivity index (χ0) is 24.4. The van der Waals surface area contributed by atoms with Crippen LogP contribution in [0.2, 0.25) is 4.34 Å². The summed E-state index contributed by atoms with van der Waals surface area (Å²) in [7, 11) is 0. The Balaban J connectivity index is 0.000000271. The number of aryl methyl sites for hydroxylation is 1. The molecule has 0 saturated heterocycles. The van der Waals surface area contributed by atoms with Crippen LogP contribution >= 0.6 is 22.9 Å². The van der Waals surface area contributed by atoms with Crippen LogP contribution in [0.15, 0.2) is 83.7 Å². The van der Waals surface area contributed by atoms with Crippen LogP contribution in [-0.2, 0) is 12.8 Å². The van der Waals surface area contributed by atoms with Gasteiger partial charge in [0.25, 0.3) is 5.91 Å². The molecule has 176 valence electrons. The van der Waals surface area contributed by atoms with Gasteiger partial charge in [0.05, 0.1) is 21.0 Å². The number of thiophene rings is 1. The van der Waals surface area contributed by atoms with E-state index in [0.29, 0.717) is 9.21 Å². The van der Waals surface area contributed by atoms with Gasteiger partial charge in [-0.25, -0.2) is 4.79 Å². The fourth-order valence-corrected chi connectivity index (χ4v) is 5.50. The van der Waals surface area contributed by atoms with Gasteiger partial charge >= 0.3 is 5.97 Å². The number of halogens is 1. The van der Waals surface area contributed by atoms with Gasteiger partial charge in [0, 0.05) is 6.04 Å². The van der Waals surface area contributed by atoms with E-state index in [2.05, 4.69) is 58.3 Å². The van der Waals surface area contributed by atoms with E-state index in [0.717, 1.165) is 19.3 Å². The fraction of sp³-hybridized carbons (Fsp3) is 0.143. The van der Waals surface area contributed by atoms with Crippen LogP contribution in [0.1, 0.15) is 37.6 Å². The number of benzene rings is 3. The summed E-state index contributed by atoms with van der Waals surface area (Å²) in [6, 6.07) is 22.6. The Hall–Kier alpha value is -3.61. The summed E-state index contributed by atoms with van der Waals surface area (Å²) < 4.78 is 5.14. The minimum atomic E-state index is -0.959. The highest BCUT2D eigenvalue weighted by molar-refractivity contribution is 7.18. The summed E-state index contributed by atoms with van der Waals surface area (Å²) in [4.78, 5) is 23.2. The van der Waals surface area contributed by atoms with Crippen molar-refractivity contribution in [2.45, 2.75) is 25.3 Å². The molecule has 0 bridgehead atoms. The third-order valence-corrected chi connectivity index (χ3v) is 7.48. The number of nitrogens with one attached hydrogen (secondary N) is 1. The van der Waals surface area contributed by atoms with Crippen molar-refractivity contribution >= 4 is 56.4 Å². The molecule has 3 aromatic carbocycles. The average Bonchev–Trinajstić information content (AvgIpc) is 3.56. The van der Waals surface area contributed by atoms with Gasteiger partial charge in [-0.15, -0.1) is 11.3 Å². The summed E-state index contributed by atoms with van der Waals surface area (Å²) in [5.74, 6) is -0.982. The SMILES string of the molecule is O=C(NC1CCc2ccc3c(ccc4ccccc43)c2C1)c1ccc(Cl)s1.O=C(O)c1ccoc1. The van der Waals surface area contributed by atoms with Crippen molar-refractivity contribution in [1.29, 1.82) is 0 Å². The van der Waals surface area contributed by atoms with Crippen molar-refractivity contribution in [3.8, 4) is 0 Å². The molecule has 0 aliphatic heterocycles. The number of carbonyl (C=O) groups is 2. The molecule has 0 radical (unpaired) electrons. The van der Waals surface area contributed by atoms with Gasteiger partial charge < -0.3 is 14.8 Å². The Morgan fingerprint density at radius 3 is 2.51 bits per heavy atom. The van der Waals surface area contributed by atoms with Crippen LogP contribution in [0.5, 0.6) is 0 Å².